The number of hydrogen-bond donors (Lipinski definition) is 3. The molecule has 0 radical (unpaired) electrons. The van der Waals surface area contributed by atoms with Crippen LogP contribution in [0.25, 0.3) is 0 Å². The van der Waals surface area contributed by atoms with Gasteiger partial charge in [0, 0.05) is 18.0 Å². The number of aliphatic hydroxyl groups is 2. The van der Waals surface area contributed by atoms with Gasteiger partial charge in [0.1, 0.15) is 24.3 Å². The molecule has 1 unspecified atom stereocenters. The quantitative estimate of drug-likeness (QED) is 0.320. The molecule has 1 aliphatic heterocycles. The Morgan fingerprint density at radius 3 is 2.88 bits per heavy atom. The first-order valence-corrected chi connectivity index (χ1v) is 10.2. The first-order chi connectivity index (χ1) is 11.6. The van der Waals surface area contributed by atoms with Gasteiger partial charge in [-0.1, -0.05) is 34.9 Å². The molecule has 1 fully saturated rings. The van der Waals surface area contributed by atoms with Crippen molar-refractivity contribution < 1.29 is 19.7 Å². The van der Waals surface area contributed by atoms with Crippen LogP contribution in [0.15, 0.2) is 21.9 Å². The van der Waals surface area contributed by atoms with Crippen LogP contribution < -0.4 is 11.2 Å². The van der Waals surface area contributed by atoms with E-state index in [2.05, 4.69) is 11.9 Å². The molecule has 2 rings (SSSR count). The first kappa shape index (κ1) is 19.5. The molecule has 10 heteroatoms. The van der Waals surface area contributed by atoms with Gasteiger partial charge >= 0.3 is 5.69 Å². The molecule has 0 spiro atoms. The van der Waals surface area contributed by atoms with Gasteiger partial charge < -0.3 is 19.7 Å². The molecule has 8 nitrogen and oxygen atoms in total. The number of aromatic amines is 1. The second kappa shape index (κ2) is 9.64. The summed E-state index contributed by atoms with van der Waals surface area (Å²) in [6.45, 7) is 1.73. The molecule has 3 N–H and O–H groups in total. The first-order valence-electron chi connectivity index (χ1n) is 7.70. The van der Waals surface area contributed by atoms with Crippen LogP contribution >= 0.6 is 21.6 Å². The fourth-order valence-electron chi connectivity index (χ4n) is 2.30. The molecule has 1 aliphatic rings. The van der Waals surface area contributed by atoms with E-state index in [0.29, 0.717) is 5.94 Å². The maximum atomic E-state index is 11.9. The monoisotopic (exact) mass is 378 g/mol. The van der Waals surface area contributed by atoms with E-state index < -0.39 is 42.4 Å². The van der Waals surface area contributed by atoms with Crippen molar-refractivity contribution in [2.75, 3.05) is 18.3 Å². The normalized spacial score (nSPS) is 26.8. The molecule has 24 heavy (non-hydrogen) atoms. The topological polar surface area (TPSA) is 114 Å². The molecule has 1 aromatic heterocycles. The van der Waals surface area contributed by atoms with Crippen LogP contribution in [0.4, 0.5) is 0 Å². The van der Waals surface area contributed by atoms with Crippen LogP contribution in [-0.2, 0) is 9.47 Å². The highest BCUT2D eigenvalue weighted by Gasteiger charge is 2.45. The van der Waals surface area contributed by atoms with E-state index in [-0.39, 0.29) is 0 Å². The Kier molecular flexibility index (Phi) is 7.85. The summed E-state index contributed by atoms with van der Waals surface area (Å²) in [7, 11) is 3.19. The molecule has 0 aliphatic carbocycles. The van der Waals surface area contributed by atoms with Crippen LogP contribution in [0, 0.1) is 0 Å². The standard InChI is InChI=1S/C14H22N2O6S2/c1-2-3-6-23-24-8-21-12-11(19)9(7-17)22-13(12)16-5-4-10(18)15-14(16)20/h4-5,9,11-13,17,19H,2-3,6-8H2,1H3,(H,15,18,20)/t9-,11+,12?,13-/m1/s1. The smallest absolute Gasteiger partial charge is 0.330 e. The van der Waals surface area contributed by atoms with Crippen LogP contribution in [0.3, 0.4) is 0 Å². The Morgan fingerprint density at radius 2 is 2.21 bits per heavy atom. The van der Waals surface area contributed by atoms with E-state index in [1.807, 2.05) is 0 Å². The fourth-order valence-corrected chi connectivity index (χ4v) is 4.19. The van der Waals surface area contributed by atoms with Crippen LogP contribution in [0.1, 0.15) is 26.0 Å². The molecule has 0 bridgehead atoms. The van der Waals surface area contributed by atoms with Crippen molar-refractivity contribution in [3.63, 3.8) is 0 Å². The van der Waals surface area contributed by atoms with Crippen LogP contribution in [-0.4, -0.2) is 56.4 Å². The van der Waals surface area contributed by atoms with Crippen molar-refractivity contribution in [3.8, 4) is 0 Å². The van der Waals surface area contributed by atoms with Crippen molar-refractivity contribution in [1.82, 2.24) is 9.55 Å². The van der Waals surface area contributed by atoms with E-state index in [1.165, 1.54) is 23.1 Å². The minimum Gasteiger partial charge on any atom is -0.394 e. The van der Waals surface area contributed by atoms with E-state index in [1.54, 1.807) is 10.8 Å². The summed E-state index contributed by atoms with van der Waals surface area (Å²) in [5, 5.41) is 19.6. The lowest BCUT2D eigenvalue weighted by molar-refractivity contribution is -0.0649. The maximum absolute atomic E-state index is 11.9. The molecule has 0 saturated carbocycles. The number of unbranched alkanes of at least 4 members (excludes halogenated alkanes) is 1. The lowest BCUT2D eigenvalue weighted by Gasteiger charge is -2.21. The van der Waals surface area contributed by atoms with Gasteiger partial charge in [-0.05, 0) is 6.42 Å². The van der Waals surface area contributed by atoms with Gasteiger partial charge in [0.05, 0.1) is 6.61 Å². The van der Waals surface area contributed by atoms with Gasteiger partial charge in [0.25, 0.3) is 5.56 Å². The van der Waals surface area contributed by atoms with E-state index in [4.69, 9.17) is 9.47 Å². The van der Waals surface area contributed by atoms with Crippen molar-refractivity contribution in [2.24, 2.45) is 0 Å². The lowest BCUT2D eigenvalue weighted by atomic mass is 10.1. The average Bonchev–Trinajstić information content (AvgIpc) is 2.87. The summed E-state index contributed by atoms with van der Waals surface area (Å²) in [5.74, 6) is 1.32. The van der Waals surface area contributed by atoms with Crippen LogP contribution in [0.5, 0.6) is 0 Å². The third kappa shape index (κ3) is 4.87. The largest absolute Gasteiger partial charge is 0.394 e. The third-order valence-electron chi connectivity index (χ3n) is 3.59. The number of nitrogens with zero attached hydrogens (tertiary/aromatic N) is 1. The van der Waals surface area contributed by atoms with Gasteiger partial charge in [0.15, 0.2) is 6.23 Å². The highest BCUT2D eigenvalue weighted by molar-refractivity contribution is 8.76. The van der Waals surface area contributed by atoms with Gasteiger partial charge in [-0.25, -0.2) is 4.79 Å². The molecule has 136 valence electrons. The second-order valence-electron chi connectivity index (χ2n) is 5.30. The van der Waals surface area contributed by atoms with Crippen molar-refractivity contribution in [2.45, 2.75) is 44.3 Å². The fraction of sp³-hybridized carbons (Fsp3) is 0.714. The van der Waals surface area contributed by atoms with Crippen molar-refractivity contribution in [1.29, 1.82) is 0 Å². The summed E-state index contributed by atoms with van der Waals surface area (Å²) < 4.78 is 12.4. The zero-order chi connectivity index (χ0) is 17.5. The third-order valence-corrected chi connectivity index (χ3v) is 5.73. The Morgan fingerprint density at radius 1 is 1.42 bits per heavy atom. The summed E-state index contributed by atoms with van der Waals surface area (Å²) in [5.41, 5.74) is -1.18. The molecule has 0 aromatic carbocycles. The number of aliphatic hydroxyl groups excluding tert-OH is 2. The van der Waals surface area contributed by atoms with Gasteiger partial charge in [-0.15, -0.1) is 0 Å². The zero-order valence-corrected chi connectivity index (χ0v) is 14.9. The van der Waals surface area contributed by atoms with Crippen molar-refractivity contribution in [3.05, 3.63) is 33.1 Å². The Bertz CT molecular complexity index is 622. The lowest BCUT2D eigenvalue weighted by Crippen LogP contribution is -2.39. The molecule has 4 atom stereocenters. The zero-order valence-electron chi connectivity index (χ0n) is 13.3. The molecule has 0 amide bonds. The van der Waals surface area contributed by atoms with Gasteiger partial charge in [0.2, 0.25) is 0 Å². The number of ether oxygens (including phenoxy) is 2. The maximum Gasteiger partial charge on any atom is 0.330 e. The number of H-pyrrole nitrogens is 1. The summed E-state index contributed by atoms with van der Waals surface area (Å²) in [4.78, 5) is 25.3. The molecule has 2 heterocycles. The van der Waals surface area contributed by atoms with Crippen molar-refractivity contribution >= 4 is 21.6 Å². The van der Waals surface area contributed by atoms with Gasteiger partial charge in [-0.2, -0.15) is 0 Å². The number of nitrogens with one attached hydrogen (secondary N) is 1. The Hall–Kier alpha value is -0.780. The second-order valence-corrected chi connectivity index (χ2v) is 7.83. The van der Waals surface area contributed by atoms with Gasteiger partial charge in [-0.3, -0.25) is 14.3 Å². The van der Waals surface area contributed by atoms with E-state index in [0.717, 1.165) is 23.2 Å². The van der Waals surface area contributed by atoms with E-state index >= 15 is 0 Å². The molecule has 1 saturated heterocycles. The van der Waals surface area contributed by atoms with E-state index in [9.17, 15) is 19.8 Å². The summed E-state index contributed by atoms with van der Waals surface area (Å²) >= 11 is 0. The minimum absolute atomic E-state index is 0.312. The predicted molar refractivity (Wildman–Crippen MR) is 93.0 cm³/mol. The highest BCUT2D eigenvalue weighted by atomic mass is 33.1. The van der Waals surface area contributed by atoms with Crippen LogP contribution in [0.2, 0.25) is 0 Å². The number of hydrogen-bond acceptors (Lipinski definition) is 8. The Labute approximate surface area is 147 Å². The number of aromatic nitrogens is 2. The predicted octanol–water partition coefficient (Wildman–Crippen LogP) is 0.311. The molecule has 1 aromatic rings. The molecular weight excluding hydrogens is 356 g/mol. The number of rotatable bonds is 9. The SMILES string of the molecule is CCCCSSCOC1[C@@H](O)[C@@H](CO)O[C@H]1n1ccc(=O)[nH]c1=O. The Balaban J connectivity index is 2.04. The minimum atomic E-state index is -1.07. The summed E-state index contributed by atoms with van der Waals surface area (Å²) in [6, 6.07) is 1.19. The highest BCUT2D eigenvalue weighted by Crippen LogP contribution is 2.32. The average molecular weight is 378 g/mol. The summed E-state index contributed by atoms with van der Waals surface area (Å²) in [6.07, 6.45) is -0.115. The molecular formula is C14H22N2O6S2.